The first-order chi connectivity index (χ1) is 9.80. The largest absolute Gasteiger partial charge is 0.345 e. The summed E-state index contributed by atoms with van der Waals surface area (Å²) < 4.78 is 2.15. The summed E-state index contributed by atoms with van der Waals surface area (Å²) >= 11 is 0. The molecule has 0 aromatic carbocycles. The van der Waals surface area contributed by atoms with Crippen molar-refractivity contribution in [1.29, 1.82) is 0 Å². The molecule has 1 amide bonds. The van der Waals surface area contributed by atoms with Gasteiger partial charge in [-0.05, 0) is 25.2 Å². The van der Waals surface area contributed by atoms with Crippen molar-refractivity contribution in [1.82, 2.24) is 20.1 Å². The Bertz CT molecular complexity index is 503. The van der Waals surface area contributed by atoms with E-state index >= 15 is 0 Å². The lowest BCUT2D eigenvalue weighted by Gasteiger charge is -2.27. The maximum atomic E-state index is 12.2. The fourth-order valence-electron chi connectivity index (χ4n) is 2.59. The third-order valence-electron chi connectivity index (χ3n) is 4.10. The van der Waals surface area contributed by atoms with Crippen molar-refractivity contribution in [3.8, 4) is 0 Å². The van der Waals surface area contributed by atoms with Gasteiger partial charge in [-0.25, -0.2) is 0 Å². The minimum atomic E-state index is -0.536. The fourth-order valence-corrected chi connectivity index (χ4v) is 2.59. The quantitative estimate of drug-likeness (QED) is 0.885. The third kappa shape index (κ3) is 3.61. The molecule has 0 radical (unpaired) electrons. The molecule has 0 saturated heterocycles. The van der Waals surface area contributed by atoms with E-state index in [4.69, 9.17) is 5.73 Å². The molecule has 118 valence electrons. The first kappa shape index (κ1) is 15.9. The summed E-state index contributed by atoms with van der Waals surface area (Å²) in [6, 6.07) is -0.711. The van der Waals surface area contributed by atoms with E-state index in [2.05, 4.69) is 20.1 Å². The van der Waals surface area contributed by atoms with E-state index in [9.17, 15) is 4.79 Å². The van der Waals surface area contributed by atoms with Gasteiger partial charge >= 0.3 is 0 Å². The van der Waals surface area contributed by atoms with E-state index in [0.717, 1.165) is 37.5 Å². The first-order valence-electron chi connectivity index (χ1n) is 7.78. The molecule has 0 fully saturated rings. The molecule has 0 spiro atoms. The second-order valence-electron chi connectivity index (χ2n) is 7.01. The highest BCUT2D eigenvalue weighted by atomic mass is 16.2. The summed E-state index contributed by atoms with van der Waals surface area (Å²) in [5, 5.41) is 11.5. The number of nitrogens with zero attached hydrogens (tertiary/aromatic N) is 3. The number of aromatic nitrogens is 3. The number of carbonyl (C=O) groups is 1. The van der Waals surface area contributed by atoms with E-state index in [1.807, 2.05) is 27.7 Å². The summed E-state index contributed by atoms with van der Waals surface area (Å²) in [7, 11) is 0. The number of amides is 1. The molecule has 1 aliphatic heterocycles. The van der Waals surface area contributed by atoms with E-state index in [1.165, 1.54) is 6.42 Å². The Kier molecular flexibility index (Phi) is 4.66. The molecular weight excluding hydrogens is 266 g/mol. The Labute approximate surface area is 126 Å². The topological polar surface area (TPSA) is 85.8 Å². The number of carbonyl (C=O) groups excluding carboxylic acids is 1. The van der Waals surface area contributed by atoms with Crippen molar-refractivity contribution in [3.63, 3.8) is 0 Å². The van der Waals surface area contributed by atoms with E-state index in [-0.39, 0.29) is 17.4 Å². The van der Waals surface area contributed by atoms with Gasteiger partial charge in [0, 0.05) is 13.0 Å². The van der Waals surface area contributed by atoms with Crippen molar-refractivity contribution in [2.24, 2.45) is 11.1 Å². The lowest BCUT2D eigenvalue weighted by molar-refractivity contribution is -0.125. The predicted molar refractivity (Wildman–Crippen MR) is 81.6 cm³/mol. The SMILES string of the molecule is CC(NC(=O)[C@@H](N)C(C)(C)C)c1nnc2n1CCCCC2. The van der Waals surface area contributed by atoms with Gasteiger partial charge in [0.05, 0.1) is 12.1 Å². The smallest absolute Gasteiger partial charge is 0.238 e. The van der Waals surface area contributed by atoms with Gasteiger partial charge in [-0.15, -0.1) is 10.2 Å². The Morgan fingerprint density at radius 2 is 2.00 bits per heavy atom. The Hall–Kier alpha value is -1.43. The Balaban J connectivity index is 2.09. The van der Waals surface area contributed by atoms with Crippen molar-refractivity contribution in [2.45, 2.75) is 72.0 Å². The molecule has 0 bridgehead atoms. The average molecular weight is 293 g/mol. The van der Waals surface area contributed by atoms with E-state index in [1.54, 1.807) is 0 Å². The van der Waals surface area contributed by atoms with Crippen LogP contribution in [0.5, 0.6) is 0 Å². The van der Waals surface area contributed by atoms with Gasteiger partial charge in [0.15, 0.2) is 5.82 Å². The van der Waals surface area contributed by atoms with Gasteiger partial charge < -0.3 is 15.6 Å². The summed E-state index contributed by atoms with van der Waals surface area (Å²) in [4.78, 5) is 12.2. The monoisotopic (exact) mass is 293 g/mol. The van der Waals surface area contributed by atoms with Crippen LogP contribution < -0.4 is 11.1 Å². The predicted octanol–water partition coefficient (Wildman–Crippen LogP) is 1.56. The summed E-state index contributed by atoms with van der Waals surface area (Å²) in [5.41, 5.74) is 5.75. The highest BCUT2D eigenvalue weighted by Gasteiger charge is 2.29. The van der Waals surface area contributed by atoms with Crippen LogP contribution in [0.1, 0.15) is 64.6 Å². The van der Waals surface area contributed by atoms with Crippen LogP contribution in [0.15, 0.2) is 0 Å². The normalized spacial score (nSPS) is 18.5. The van der Waals surface area contributed by atoms with Gasteiger partial charge in [-0.3, -0.25) is 4.79 Å². The van der Waals surface area contributed by atoms with Crippen LogP contribution in [0.2, 0.25) is 0 Å². The standard InChI is InChI=1S/C15H27N5O/c1-10(17-14(21)12(16)15(2,3)4)13-19-18-11-8-6-5-7-9-20(11)13/h10,12H,5-9,16H2,1-4H3,(H,17,21)/t10?,12-/m1/s1. The maximum Gasteiger partial charge on any atom is 0.238 e. The summed E-state index contributed by atoms with van der Waals surface area (Å²) in [6.07, 6.45) is 4.49. The first-order valence-corrected chi connectivity index (χ1v) is 7.78. The van der Waals surface area contributed by atoms with Crippen molar-refractivity contribution in [2.75, 3.05) is 0 Å². The molecule has 21 heavy (non-hydrogen) atoms. The molecule has 1 aromatic heterocycles. The highest BCUT2D eigenvalue weighted by molar-refractivity contribution is 5.82. The lowest BCUT2D eigenvalue weighted by atomic mass is 9.87. The van der Waals surface area contributed by atoms with Crippen LogP contribution in [0, 0.1) is 5.41 Å². The van der Waals surface area contributed by atoms with Gasteiger partial charge in [0.25, 0.3) is 0 Å². The zero-order valence-corrected chi connectivity index (χ0v) is 13.5. The van der Waals surface area contributed by atoms with Crippen molar-refractivity contribution in [3.05, 3.63) is 11.6 Å². The van der Waals surface area contributed by atoms with E-state index < -0.39 is 6.04 Å². The minimum Gasteiger partial charge on any atom is -0.345 e. The van der Waals surface area contributed by atoms with Crippen LogP contribution in [-0.2, 0) is 17.8 Å². The van der Waals surface area contributed by atoms with Gasteiger partial charge in [0.1, 0.15) is 5.82 Å². The van der Waals surface area contributed by atoms with E-state index in [0.29, 0.717) is 0 Å². The van der Waals surface area contributed by atoms with Crippen LogP contribution in [0.3, 0.4) is 0 Å². The molecule has 6 nitrogen and oxygen atoms in total. The van der Waals surface area contributed by atoms with Crippen molar-refractivity contribution >= 4 is 5.91 Å². The average Bonchev–Trinajstić information content (AvgIpc) is 2.66. The highest BCUT2D eigenvalue weighted by Crippen LogP contribution is 2.21. The molecule has 1 unspecified atom stereocenters. The van der Waals surface area contributed by atoms with Gasteiger partial charge in [-0.2, -0.15) is 0 Å². The number of aryl methyl sites for hydroxylation is 1. The van der Waals surface area contributed by atoms with Gasteiger partial charge in [-0.1, -0.05) is 27.2 Å². The zero-order valence-electron chi connectivity index (χ0n) is 13.5. The number of rotatable bonds is 3. The number of nitrogens with one attached hydrogen (secondary N) is 1. The fraction of sp³-hybridized carbons (Fsp3) is 0.800. The number of hydrogen-bond donors (Lipinski definition) is 2. The summed E-state index contributed by atoms with van der Waals surface area (Å²) in [5.74, 6) is 1.73. The second-order valence-corrected chi connectivity index (χ2v) is 7.01. The molecular formula is C15H27N5O. The number of fused-ring (bicyclic) bond motifs is 1. The second kappa shape index (κ2) is 6.13. The van der Waals surface area contributed by atoms with Crippen LogP contribution in [-0.4, -0.2) is 26.7 Å². The minimum absolute atomic E-state index is 0.138. The molecule has 6 heteroatoms. The number of hydrogen-bond acceptors (Lipinski definition) is 4. The number of nitrogens with two attached hydrogens (primary N) is 1. The molecule has 0 saturated carbocycles. The molecule has 1 aliphatic rings. The molecule has 2 heterocycles. The van der Waals surface area contributed by atoms with Crippen LogP contribution >= 0.6 is 0 Å². The molecule has 2 atom stereocenters. The Morgan fingerprint density at radius 1 is 1.29 bits per heavy atom. The zero-order chi connectivity index (χ0) is 15.6. The van der Waals surface area contributed by atoms with Crippen LogP contribution in [0.25, 0.3) is 0 Å². The maximum absolute atomic E-state index is 12.2. The van der Waals surface area contributed by atoms with Crippen molar-refractivity contribution < 1.29 is 4.79 Å². The molecule has 3 N–H and O–H groups in total. The third-order valence-corrected chi connectivity index (χ3v) is 4.10. The lowest BCUT2D eigenvalue weighted by Crippen LogP contribution is -2.49. The summed E-state index contributed by atoms with van der Waals surface area (Å²) in [6.45, 7) is 8.76. The van der Waals surface area contributed by atoms with Crippen LogP contribution in [0.4, 0.5) is 0 Å². The molecule has 0 aliphatic carbocycles. The van der Waals surface area contributed by atoms with Gasteiger partial charge in [0.2, 0.25) is 5.91 Å². The Morgan fingerprint density at radius 3 is 2.67 bits per heavy atom. The molecule has 1 aromatic rings. The molecule has 2 rings (SSSR count).